The van der Waals surface area contributed by atoms with Gasteiger partial charge in [-0.25, -0.2) is 14.2 Å². The number of aromatic nitrogens is 2. The van der Waals surface area contributed by atoms with Gasteiger partial charge >= 0.3 is 6.03 Å². The fraction of sp³-hybridized carbons (Fsp3) is 0.238. The number of nitrogens with zero attached hydrogens (tertiary/aromatic N) is 2. The number of carbonyl (C=O) groups excluding carboxylic acids is 3. The number of halogens is 1. The Hall–Kier alpha value is -4.15. The number of hydrogen-bond acceptors (Lipinski definition) is 6. The molecule has 1 saturated heterocycles. The molecule has 4 rings (SSSR count). The van der Waals surface area contributed by atoms with Gasteiger partial charge < -0.3 is 19.8 Å². The van der Waals surface area contributed by atoms with Crippen LogP contribution in [0.2, 0.25) is 0 Å². The molecule has 1 fully saturated rings. The molecule has 1 aromatic heterocycles. The molecule has 32 heavy (non-hydrogen) atoms. The minimum absolute atomic E-state index is 0.133. The van der Waals surface area contributed by atoms with Crippen molar-refractivity contribution in [1.82, 2.24) is 20.2 Å². The van der Waals surface area contributed by atoms with Crippen LogP contribution in [-0.4, -0.2) is 53.5 Å². The average molecular weight is 441 g/mol. The number of anilines is 1. The number of urea groups is 1. The molecule has 11 heteroatoms. The van der Waals surface area contributed by atoms with Crippen molar-refractivity contribution in [3.05, 3.63) is 47.8 Å². The SMILES string of the molecule is COc1cc2nc(NC(=O)CN3C(=O)NC(C)(c4ccc(F)cc4)C3=O)[nH]c2cc1OC. The monoisotopic (exact) mass is 441 g/mol. The molecule has 10 nitrogen and oxygen atoms in total. The van der Waals surface area contributed by atoms with E-state index in [1.54, 1.807) is 12.1 Å². The van der Waals surface area contributed by atoms with Crippen molar-refractivity contribution in [3.63, 3.8) is 0 Å². The summed E-state index contributed by atoms with van der Waals surface area (Å²) in [4.78, 5) is 45.8. The van der Waals surface area contributed by atoms with Gasteiger partial charge in [-0.05, 0) is 24.6 Å². The van der Waals surface area contributed by atoms with Gasteiger partial charge in [-0.2, -0.15) is 0 Å². The number of ether oxygens (including phenoxy) is 2. The molecule has 4 amide bonds. The van der Waals surface area contributed by atoms with Crippen LogP contribution in [0.1, 0.15) is 12.5 Å². The van der Waals surface area contributed by atoms with E-state index >= 15 is 0 Å². The fourth-order valence-corrected chi connectivity index (χ4v) is 3.53. The van der Waals surface area contributed by atoms with Crippen molar-refractivity contribution in [2.24, 2.45) is 0 Å². The predicted molar refractivity (Wildman–Crippen MR) is 112 cm³/mol. The topological polar surface area (TPSA) is 126 Å². The van der Waals surface area contributed by atoms with Crippen molar-refractivity contribution in [2.75, 3.05) is 26.1 Å². The highest BCUT2D eigenvalue weighted by Gasteiger charge is 2.49. The molecule has 0 saturated carbocycles. The van der Waals surface area contributed by atoms with Gasteiger partial charge in [0.25, 0.3) is 5.91 Å². The normalized spacial score (nSPS) is 18.1. The molecule has 0 bridgehead atoms. The fourth-order valence-electron chi connectivity index (χ4n) is 3.53. The van der Waals surface area contributed by atoms with E-state index in [4.69, 9.17) is 9.47 Å². The van der Waals surface area contributed by atoms with Gasteiger partial charge in [0.05, 0.1) is 25.3 Å². The number of methoxy groups -OCH3 is 2. The van der Waals surface area contributed by atoms with E-state index in [9.17, 15) is 18.8 Å². The zero-order chi connectivity index (χ0) is 23.0. The van der Waals surface area contributed by atoms with E-state index in [0.717, 1.165) is 4.90 Å². The van der Waals surface area contributed by atoms with E-state index < -0.39 is 35.7 Å². The van der Waals surface area contributed by atoms with Crippen LogP contribution < -0.4 is 20.1 Å². The maximum atomic E-state index is 13.2. The molecule has 166 valence electrons. The van der Waals surface area contributed by atoms with Gasteiger partial charge in [0.1, 0.15) is 17.9 Å². The Morgan fingerprint density at radius 2 is 1.81 bits per heavy atom. The first-order chi connectivity index (χ1) is 15.2. The molecule has 2 aromatic carbocycles. The van der Waals surface area contributed by atoms with Gasteiger partial charge in [-0.3, -0.25) is 19.8 Å². The van der Waals surface area contributed by atoms with Gasteiger partial charge in [0.2, 0.25) is 11.9 Å². The van der Waals surface area contributed by atoms with Crippen LogP contribution in [0.3, 0.4) is 0 Å². The van der Waals surface area contributed by atoms with Crippen LogP contribution in [0.25, 0.3) is 11.0 Å². The smallest absolute Gasteiger partial charge is 0.325 e. The second-order valence-corrected chi connectivity index (χ2v) is 7.31. The predicted octanol–water partition coefficient (Wildman–Crippen LogP) is 2.12. The molecule has 3 aromatic rings. The Balaban J connectivity index is 1.50. The van der Waals surface area contributed by atoms with Crippen LogP contribution in [-0.2, 0) is 15.1 Å². The lowest BCUT2D eigenvalue weighted by Crippen LogP contribution is -2.42. The molecule has 1 unspecified atom stereocenters. The third kappa shape index (κ3) is 3.57. The van der Waals surface area contributed by atoms with Crippen molar-refractivity contribution >= 4 is 34.8 Å². The number of aromatic amines is 1. The Kier molecular flexibility index (Phi) is 5.17. The summed E-state index contributed by atoms with van der Waals surface area (Å²) in [5.74, 6) is -0.622. The van der Waals surface area contributed by atoms with Gasteiger partial charge in [0, 0.05) is 12.1 Å². The largest absolute Gasteiger partial charge is 0.493 e. The third-order valence-electron chi connectivity index (χ3n) is 5.24. The van der Waals surface area contributed by atoms with Crippen molar-refractivity contribution < 1.29 is 28.2 Å². The van der Waals surface area contributed by atoms with Crippen LogP contribution in [0.4, 0.5) is 15.1 Å². The molecule has 2 heterocycles. The second kappa shape index (κ2) is 7.84. The lowest BCUT2D eigenvalue weighted by molar-refractivity contribution is -0.133. The maximum absolute atomic E-state index is 13.2. The molecule has 0 spiro atoms. The number of rotatable bonds is 6. The summed E-state index contributed by atoms with van der Waals surface area (Å²) < 4.78 is 23.7. The third-order valence-corrected chi connectivity index (χ3v) is 5.24. The van der Waals surface area contributed by atoms with Crippen molar-refractivity contribution in [3.8, 4) is 11.5 Å². The summed E-state index contributed by atoms with van der Waals surface area (Å²) in [6, 6.07) is 7.80. The minimum Gasteiger partial charge on any atom is -0.493 e. The van der Waals surface area contributed by atoms with Crippen LogP contribution in [0, 0.1) is 5.82 Å². The molecule has 1 aliphatic heterocycles. The van der Waals surface area contributed by atoms with E-state index in [-0.39, 0.29) is 5.95 Å². The summed E-state index contributed by atoms with van der Waals surface area (Å²) >= 11 is 0. The molecule has 3 N–H and O–H groups in total. The number of H-pyrrole nitrogens is 1. The van der Waals surface area contributed by atoms with Crippen LogP contribution >= 0.6 is 0 Å². The number of nitrogens with one attached hydrogen (secondary N) is 3. The Labute approximate surface area is 181 Å². The highest BCUT2D eigenvalue weighted by atomic mass is 19.1. The first kappa shape index (κ1) is 21.1. The highest BCUT2D eigenvalue weighted by Crippen LogP contribution is 2.32. The van der Waals surface area contributed by atoms with E-state index in [0.29, 0.717) is 28.1 Å². The zero-order valence-corrected chi connectivity index (χ0v) is 17.5. The number of fused-ring (bicyclic) bond motifs is 1. The highest BCUT2D eigenvalue weighted by molar-refractivity contribution is 6.10. The van der Waals surface area contributed by atoms with Gasteiger partial charge in [-0.15, -0.1) is 0 Å². The number of amides is 4. The second-order valence-electron chi connectivity index (χ2n) is 7.31. The molecule has 1 aliphatic rings. The summed E-state index contributed by atoms with van der Waals surface area (Å²) in [6.45, 7) is 0.976. The van der Waals surface area contributed by atoms with Gasteiger partial charge in [-0.1, -0.05) is 12.1 Å². The lowest BCUT2D eigenvalue weighted by atomic mass is 9.92. The Morgan fingerprint density at radius 3 is 2.47 bits per heavy atom. The molecule has 0 aliphatic carbocycles. The van der Waals surface area contributed by atoms with Crippen LogP contribution in [0.5, 0.6) is 11.5 Å². The number of benzene rings is 2. The number of carbonyl (C=O) groups is 3. The summed E-state index contributed by atoms with van der Waals surface area (Å²) in [5.41, 5.74) is 0.117. The first-order valence-corrected chi connectivity index (χ1v) is 9.57. The summed E-state index contributed by atoms with van der Waals surface area (Å²) in [6.07, 6.45) is 0. The number of imide groups is 1. The van der Waals surface area contributed by atoms with Crippen molar-refractivity contribution in [1.29, 1.82) is 0 Å². The Morgan fingerprint density at radius 1 is 1.16 bits per heavy atom. The standard InChI is InChI=1S/C21H20FN5O5/c1-21(11-4-6-12(22)7-5-11)18(29)27(20(30)26-21)10-17(28)25-19-23-13-8-15(31-2)16(32-3)9-14(13)24-19/h4-9H,10H2,1-3H3,(H,26,30)(H2,23,24,25,28). The summed E-state index contributed by atoms with van der Waals surface area (Å²) in [5, 5.41) is 5.10. The number of imidazole rings is 1. The lowest BCUT2D eigenvalue weighted by Gasteiger charge is -2.22. The number of hydrogen-bond donors (Lipinski definition) is 3. The molecular weight excluding hydrogens is 421 g/mol. The summed E-state index contributed by atoms with van der Waals surface area (Å²) in [7, 11) is 3.00. The van der Waals surface area contributed by atoms with E-state index in [2.05, 4.69) is 20.6 Å². The van der Waals surface area contributed by atoms with E-state index in [1.807, 2.05) is 0 Å². The van der Waals surface area contributed by atoms with Crippen LogP contribution in [0.15, 0.2) is 36.4 Å². The minimum atomic E-state index is -1.41. The van der Waals surface area contributed by atoms with Gasteiger partial charge in [0.15, 0.2) is 11.5 Å². The average Bonchev–Trinajstić information content (AvgIpc) is 3.25. The first-order valence-electron chi connectivity index (χ1n) is 9.57. The molecule has 1 atom stereocenters. The maximum Gasteiger partial charge on any atom is 0.325 e. The zero-order valence-electron chi connectivity index (χ0n) is 17.5. The Bertz CT molecular complexity index is 1180. The van der Waals surface area contributed by atoms with Crippen molar-refractivity contribution in [2.45, 2.75) is 12.5 Å². The van der Waals surface area contributed by atoms with E-state index in [1.165, 1.54) is 45.4 Å². The molecule has 0 radical (unpaired) electrons. The molecular formula is C21H20FN5O5. The quantitative estimate of drug-likeness (QED) is 0.503.